The summed E-state index contributed by atoms with van der Waals surface area (Å²) >= 11 is 23.3. The molecule has 9 heteroatoms. The second-order valence-corrected chi connectivity index (χ2v) is 14.4. The van der Waals surface area contributed by atoms with Gasteiger partial charge in [-0.25, -0.2) is 0 Å². The predicted octanol–water partition coefficient (Wildman–Crippen LogP) is 12.8. The summed E-state index contributed by atoms with van der Waals surface area (Å²) in [4.78, 5) is 12.1. The second-order valence-electron chi connectivity index (χ2n) is 12.0. The molecular formula is C43H46Cl4O5. The average Bonchev–Trinajstić information content (AvgIpc) is 3.81. The summed E-state index contributed by atoms with van der Waals surface area (Å²) in [6, 6.07) is 35.3. The van der Waals surface area contributed by atoms with Gasteiger partial charge in [0.15, 0.2) is 5.78 Å². The molecule has 0 heterocycles. The van der Waals surface area contributed by atoms with Crippen LogP contribution < -0.4 is 18.9 Å². The van der Waals surface area contributed by atoms with Crippen molar-refractivity contribution in [3.63, 3.8) is 0 Å². The minimum absolute atomic E-state index is 0.0238. The lowest BCUT2D eigenvalue weighted by atomic mass is 10.0. The van der Waals surface area contributed by atoms with Crippen molar-refractivity contribution in [3.05, 3.63) is 153 Å². The van der Waals surface area contributed by atoms with E-state index < -0.39 is 4.33 Å². The third-order valence-electron chi connectivity index (χ3n) is 7.95. The van der Waals surface area contributed by atoms with Gasteiger partial charge in [-0.05, 0) is 134 Å². The van der Waals surface area contributed by atoms with Gasteiger partial charge in [0.2, 0.25) is 0 Å². The summed E-state index contributed by atoms with van der Waals surface area (Å²) < 4.78 is 20.1. The first-order valence-corrected chi connectivity index (χ1v) is 18.4. The summed E-state index contributed by atoms with van der Waals surface area (Å²) in [6.45, 7) is 7.18. The van der Waals surface area contributed by atoms with Crippen molar-refractivity contribution in [1.82, 2.24) is 0 Å². The molecule has 0 amide bonds. The lowest BCUT2D eigenvalue weighted by molar-refractivity contribution is 0.103. The molecule has 0 N–H and O–H groups in total. The molecule has 1 aliphatic carbocycles. The SMILES string of the molecule is CCCCOc1cc(C)ccc1C.COc1ccc(C(=O)c2ccc(Cl)cc2)cc1.COc1ccc(C2CC2(Cl)Cl)cc1.COc1ccc(Cl)cc1. The van der Waals surface area contributed by atoms with Gasteiger partial charge in [-0.15, -0.1) is 23.2 Å². The molecule has 1 atom stereocenters. The van der Waals surface area contributed by atoms with Crippen molar-refractivity contribution >= 4 is 52.2 Å². The monoisotopic (exact) mass is 782 g/mol. The average molecular weight is 785 g/mol. The highest BCUT2D eigenvalue weighted by molar-refractivity contribution is 6.51. The van der Waals surface area contributed by atoms with Crippen LogP contribution in [0.1, 0.15) is 64.7 Å². The Morgan fingerprint density at radius 1 is 0.673 bits per heavy atom. The van der Waals surface area contributed by atoms with Crippen LogP contribution in [0.2, 0.25) is 10.0 Å². The van der Waals surface area contributed by atoms with Gasteiger partial charge in [-0.2, -0.15) is 0 Å². The van der Waals surface area contributed by atoms with E-state index in [1.54, 1.807) is 82.0 Å². The highest BCUT2D eigenvalue weighted by Crippen LogP contribution is 2.59. The van der Waals surface area contributed by atoms with E-state index in [0.717, 1.165) is 47.5 Å². The molecule has 0 aromatic heterocycles. The first-order valence-electron chi connectivity index (χ1n) is 16.9. The number of hydrogen-bond acceptors (Lipinski definition) is 5. The van der Waals surface area contributed by atoms with Crippen molar-refractivity contribution in [2.45, 2.75) is 50.3 Å². The Labute approximate surface area is 328 Å². The van der Waals surface area contributed by atoms with Crippen LogP contribution in [0.5, 0.6) is 23.0 Å². The molecule has 6 rings (SSSR count). The van der Waals surface area contributed by atoms with Crippen LogP contribution in [0.15, 0.2) is 115 Å². The molecule has 1 aliphatic rings. The Hall–Kier alpha value is -3.87. The van der Waals surface area contributed by atoms with Gasteiger partial charge in [-0.1, -0.05) is 60.8 Å². The van der Waals surface area contributed by atoms with Crippen LogP contribution >= 0.6 is 46.4 Å². The molecule has 0 aliphatic heterocycles. The number of rotatable bonds is 10. The Balaban J connectivity index is 0.000000191. The minimum atomic E-state index is -0.533. The smallest absolute Gasteiger partial charge is 0.193 e. The van der Waals surface area contributed by atoms with Crippen LogP contribution in [0.25, 0.3) is 0 Å². The van der Waals surface area contributed by atoms with Gasteiger partial charge in [0.05, 0.1) is 27.9 Å². The van der Waals surface area contributed by atoms with Gasteiger partial charge < -0.3 is 18.9 Å². The van der Waals surface area contributed by atoms with E-state index in [-0.39, 0.29) is 5.78 Å². The van der Waals surface area contributed by atoms with Crippen molar-refractivity contribution in [2.24, 2.45) is 0 Å². The number of ether oxygens (including phenoxy) is 4. The zero-order valence-corrected chi connectivity index (χ0v) is 33.5. The molecule has 0 saturated heterocycles. The Kier molecular flexibility index (Phi) is 17.7. The largest absolute Gasteiger partial charge is 0.497 e. The molecule has 5 aromatic rings. The van der Waals surface area contributed by atoms with Crippen molar-refractivity contribution in [2.75, 3.05) is 27.9 Å². The van der Waals surface area contributed by atoms with E-state index in [4.69, 9.17) is 65.4 Å². The van der Waals surface area contributed by atoms with Gasteiger partial charge in [0, 0.05) is 27.1 Å². The first-order chi connectivity index (χ1) is 24.9. The van der Waals surface area contributed by atoms with Crippen LogP contribution in [0.4, 0.5) is 0 Å². The van der Waals surface area contributed by atoms with Crippen LogP contribution in [0.3, 0.4) is 0 Å². The third kappa shape index (κ3) is 14.3. The number of halogens is 4. The molecule has 1 fully saturated rings. The highest BCUT2D eigenvalue weighted by Gasteiger charge is 2.52. The van der Waals surface area contributed by atoms with Gasteiger partial charge in [0.1, 0.15) is 27.3 Å². The summed E-state index contributed by atoms with van der Waals surface area (Å²) in [5.41, 5.74) is 4.93. The normalized spacial score (nSPS) is 13.4. The lowest BCUT2D eigenvalue weighted by Crippen LogP contribution is -2.00. The fourth-order valence-electron chi connectivity index (χ4n) is 4.68. The van der Waals surface area contributed by atoms with Crippen molar-refractivity contribution < 1.29 is 23.7 Å². The zero-order chi connectivity index (χ0) is 38.1. The van der Waals surface area contributed by atoms with Crippen molar-refractivity contribution in [3.8, 4) is 23.0 Å². The number of aryl methyl sites for hydroxylation is 2. The fraction of sp³-hybridized carbons (Fsp3) is 0.279. The number of methoxy groups -OCH3 is 3. The van der Waals surface area contributed by atoms with Crippen molar-refractivity contribution in [1.29, 1.82) is 0 Å². The van der Waals surface area contributed by atoms with Gasteiger partial charge >= 0.3 is 0 Å². The van der Waals surface area contributed by atoms with E-state index in [1.165, 1.54) is 23.1 Å². The molecule has 52 heavy (non-hydrogen) atoms. The third-order valence-corrected chi connectivity index (χ3v) is 9.29. The van der Waals surface area contributed by atoms with Gasteiger partial charge in [-0.3, -0.25) is 4.79 Å². The maximum atomic E-state index is 12.1. The minimum Gasteiger partial charge on any atom is -0.497 e. The summed E-state index contributed by atoms with van der Waals surface area (Å²) in [6.07, 6.45) is 3.17. The zero-order valence-electron chi connectivity index (χ0n) is 30.4. The number of alkyl halides is 2. The molecule has 5 aromatic carbocycles. The van der Waals surface area contributed by atoms with E-state index in [2.05, 4.69) is 39.0 Å². The Bertz CT molecular complexity index is 1790. The number of carbonyl (C=O) groups excluding carboxylic acids is 1. The fourth-order valence-corrected chi connectivity index (χ4v) is 5.49. The maximum absolute atomic E-state index is 12.1. The quantitative estimate of drug-likeness (QED) is 0.0802. The molecule has 0 radical (unpaired) electrons. The standard InChI is InChI=1S/C14H11ClO2.C12H18O.C10H10Cl2O.C7H7ClO/c1-17-13-8-4-11(5-9-13)14(16)10-2-6-12(15)7-3-10;1-4-5-8-13-12-9-10(2)6-7-11(12)3;1-13-8-4-2-7(3-5-8)9-6-10(9,11)12;1-9-7-4-2-6(8)3-5-7/h2-9H,1H3;6-7,9H,4-5,8H2,1-3H3;2-5,9H,6H2,1H3;2-5H,1H3. The predicted molar refractivity (Wildman–Crippen MR) is 217 cm³/mol. The van der Waals surface area contributed by atoms with E-state index in [0.29, 0.717) is 22.1 Å². The van der Waals surface area contributed by atoms with Crippen LogP contribution in [-0.4, -0.2) is 38.1 Å². The number of carbonyl (C=O) groups is 1. The highest BCUT2D eigenvalue weighted by atomic mass is 35.5. The van der Waals surface area contributed by atoms with Crippen LogP contribution in [-0.2, 0) is 0 Å². The Morgan fingerprint density at radius 3 is 1.54 bits per heavy atom. The first kappa shape index (κ1) is 42.5. The number of ketones is 1. The molecule has 0 spiro atoms. The summed E-state index contributed by atoms with van der Waals surface area (Å²) in [7, 11) is 4.87. The van der Waals surface area contributed by atoms with E-state index in [9.17, 15) is 4.79 Å². The van der Waals surface area contributed by atoms with E-state index >= 15 is 0 Å². The lowest BCUT2D eigenvalue weighted by Gasteiger charge is -2.08. The molecule has 1 unspecified atom stereocenters. The van der Waals surface area contributed by atoms with E-state index in [1.807, 2.05) is 36.4 Å². The Morgan fingerprint density at radius 2 is 1.10 bits per heavy atom. The topological polar surface area (TPSA) is 54.0 Å². The maximum Gasteiger partial charge on any atom is 0.193 e. The summed E-state index contributed by atoms with van der Waals surface area (Å²) in [5, 5.41) is 1.35. The summed E-state index contributed by atoms with van der Waals surface area (Å²) in [5.74, 6) is 3.73. The molecule has 5 nitrogen and oxygen atoms in total. The molecular weight excluding hydrogens is 738 g/mol. The van der Waals surface area contributed by atoms with Crippen LogP contribution in [0, 0.1) is 13.8 Å². The number of unbranched alkanes of at least 4 members (excludes halogenated alkanes) is 1. The number of hydrogen-bond donors (Lipinski definition) is 0. The second kappa shape index (κ2) is 21.6. The number of benzene rings is 5. The molecule has 276 valence electrons. The molecule has 0 bridgehead atoms. The van der Waals surface area contributed by atoms with Gasteiger partial charge in [0.25, 0.3) is 0 Å². The molecule has 1 saturated carbocycles.